The van der Waals surface area contributed by atoms with Crippen LogP contribution in [0.3, 0.4) is 0 Å². The Bertz CT molecular complexity index is 3800. The van der Waals surface area contributed by atoms with Gasteiger partial charge in [-0.3, -0.25) is 8.80 Å². The van der Waals surface area contributed by atoms with Gasteiger partial charge in [0.05, 0.1) is 44.1 Å². The second kappa shape index (κ2) is 15.5. The summed E-state index contributed by atoms with van der Waals surface area (Å²) in [5.74, 6) is 2.75. The number of hydrogen-bond acceptors (Lipinski definition) is 3. The Morgan fingerprint density at radius 2 is 0.769 bits per heavy atom. The van der Waals surface area contributed by atoms with E-state index < -0.39 is 8.07 Å². The standard InChI is InChI=1S/C56H36N6OSi.Pt/c1-4-21-43(22-5-1)64(44-23-6-2-7-24-44,45-25-8-3-9-26-45)46-37-40(60-52-32-15-17-34-54(52)62-50-30-13-11-28-48(50)58-56(60)62)36-42(38-46)63-41-20-18-19-39(35-41)59-51-31-14-16-33-53(51)61-49-29-12-10-27-47(49)57-55(59)61;/h1-34,37-38H;/q-2;+2. The molecule has 0 unspecified atom stereocenters. The van der Waals surface area contributed by atoms with Gasteiger partial charge in [0.2, 0.25) is 11.6 Å². The average molecular weight is 1030 g/mol. The molecule has 0 aliphatic carbocycles. The molecule has 0 fully saturated rings. The summed E-state index contributed by atoms with van der Waals surface area (Å²) in [5.41, 5.74) is 9.78. The Morgan fingerprint density at radius 3 is 1.28 bits per heavy atom. The van der Waals surface area contributed by atoms with E-state index in [4.69, 9.17) is 14.7 Å². The van der Waals surface area contributed by atoms with Crippen LogP contribution in [0.4, 0.5) is 0 Å². The molecule has 0 spiro atoms. The second-order valence-electron chi connectivity index (χ2n) is 16.1. The number of aromatic nitrogens is 6. The number of fused-ring (bicyclic) bond motifs is 10. The molecule has 0 aliphatic heterocycles. The third-order valence-electron chi connectivity index (χ3n) is 12.6. The summed E-state index contributed by atoms with van der Waals surface area (Å²) in [6.07, 6.45) is 0. The molecule has 9 aromatic carbocycles. The smallest absolute Gasteiger partial charge is 0.509 e. The molecule has 310 valence electrons. The molecule has 0 saturated heterocycles. The summed E-state index contributed by atoms with van der Waals surface area (Å²) < 4.78 is 16.0. The molecule has 0 atom stereocenters. The van der Waals surface area contributed by atoms with E-state index >= 15 is 0 Å². The Kier molecular flexibility index (Phi) is 9.26. The van der Waals surface area contributed by atoms with Crippen LogP contribution in [0.1, 0.15) is 0 Å². The van der Waals surface area contributed by atoms with E-state index in [1.807, 2.05) is 24.3 Å². The van der Waals surface area contributed by atoms with E-state index in [1.165, 1.54) is 15.6 Å². The molecule has 0 saturated carbocycles. The van der Waals surface area contributed by atoms with Crippen LogP contribution >= 0.6 is 0 Å². The molecule has 0 radical (unpaired) electrons. The zero-order valence-corrected chi connectivity index (χ0v) is 38.0. The molecule has 0 amide bonds. The normalized spacial score (nSPS) is 11.9. The maximum absolute atomic E-state index is 7.10. The van der Waals surface area contributed by atoms with Gasteiger partial charge >= 0.3 is 21.1 Å². The molecule has 4 aromatic heterocycles. The van der Waals surface area contributed by atoms with Crippen molar-refractivity contribution in [2.75, 3.05) is 0 Å². The third-order valence-corrected chi connectivity index (χ3v) is 17.3. The number of rotatable bonds is 8. The molecule has 65 heavy (non-hydrogen) atoms. The van der Waals surface area contributed by atoms with Crippen molar-refractivity contribution in [2.24, 2.45) is 0 Å². The van der Waals surface area contributed by atoms with E-state index in [-0.39, 0.29) is 21.1 Å². The Morgan fingerprint density at radius 1 is 0.354 bits per heavy atom. The molecule has 13 aromatic rings. The summed E-state index contributed by atoms with van der Waals surface area (Å²) in [6.45, 7) is 0. The van der Waals surface area contributed by atoms with Gasteiger partial charge in [0.1, 0.15) is 0 Å². The van der Waals surface area contributed by atoms with Gasteiger partial charge in [0.25, 0.3) is 0 Å². The molecular weight excluding hydrogens is 996 g/mol. The molecular formula is C56H36N6OPtSi. The van der Waals surface area contributed by atoms with Crippen molar-refractivity contribution in [1.29, 1.82) is 0 Å². The first kappa shape index (κ1) is 38.9. The summed E-state index contributed by atoms with van der Waals surface area (Å²) in [4.78, 5) is 10.4. The van der Waals surface area contributed by atoms with Crippen molar-refractivity contribution >= 4 is 84.5 Å². The maximum Gasteiger partial charge on any atom is 2.00 e. The first-order valence-corrected chi connectivity index (χ1v) is 23.4. The van der Waals surface area contributed by atoms with E-state index in [9.17, 15) is 0 Å². The second-order valence-corrected chi connectivity index (χ2v) is 19.9. The molecule has 0 aliphatic rings. The summed E-state index contributed by atoms with van der Waals surface area (Å²) in [6, 6.07) is 84.4. The van der Waals surface area contributed by atoms with Gasteiger partial charge in [0.15, 0.2) is 8.07 Å². The van der Waals surface area contributed by atoms with Crippen LogP contribution in [0.15, 0.2) is 218 Å². The van der Waals surface area contributed by atoms with Gasteiger partial charge in [-0.05, 0) is 64.1 Å². The Balaban J connectivity index is 0.00000444. The van der Waals surface area contributed by atoms with Crippen LogP contribution in [0, 0.1) is 12.1 Å². The van der Waals surface area contributed by atoms with E-state index in [0.29, 0.717) is 11.5 Å². The molecule has 7 nitrogen and oxygen atoms in total. The van der Waals surface area contributed by atoms with E-state index in [2.05, 4.69) is 224 Å². The fourth-order valence-corrected chi connectivity index (χ4v) is 14.7. The van der Waals surface area contributed by atoms with Gasteiger partial charge < -0.3 is 13.9 Å². The largest absolute Gasteiger partial charge is 2.00 e. The van der Waals surface area contributed by atoms with E-state index in [0.717, 1.165) is 72.3 Å². The number of hydrogen-bond donors (Lipinski definition) is 0. The molecule has 13 rings (SSSR count). The monoisotopic (exact) mass is 1030 g/mol. The third kappa shape index (κ3) is 5.98. The summed E-state index contributed by atoms with van der Waals surface area (Å²) in [5, 5.41) is 4.92. The topological polar surface area (TPSA) is 53.7 Å². The number of benzene rings is 9. The van der Waals surface area contributed by atoms with Crippen molar-refractivity contribution < 1.29 is 25.8 Å². The quantitative estimate of drug-likeness (QED) is 0.0866. The van der Waals surface area contributed by atoms with Crippen LogP contribution in [0.5, 0.6) is 11.5 Å². The maximum atomic E-state index is 7.10. The van der Waals surface area contributed by atoms with Crippen molar-refractivity contribution in [3.63, 3.8) is 0 Å². The summed E-state index contributed by atoms with van der Waals surface area (Å²) in [7, 11) is -3.06. The van der Waals surface area contributed by atoms with Crippen LogP contribution in [-0.4, -0.2) is 36.0 Å². The minimum Gasteiger partial charge on any atom is -0.509 e. The van der Waals surface area contributed by atoms with Crippen molar-refractivity contribution in [1.82, 2.24) is 27.9 Å². The first-order valence-electron chi connectivity index (χ1n) is 21.4. The summed E-state index contributed by atoms with van der Waals surface area (Å²) >= 11 is 0. The average Bonchev–Trinajstić information content (AvgIpc) is 4.09. The Labute approximate surface area is 389 Å². The van der Waals surface area contributed by atoms with Gasteiger partial charge in [-0.2, -0.15) is 6.07 Å². The van der Waals surface area contributed by atoms with Gasteiger partial charge in [-0.25, -0.2) is 9.97 Å². The van der Waals surface area contributed by atoms with Crippen LogP contribution in [0.25, 0.3) is 67.1 Å². The SMILES string of the molecule is [Pt+2].[c-]1c(Oc2[c-]c(-n3c4ccccc4n4c5ccccc5nc34)cc([Si](c3ccccc3)(c3ccccc3)c3ccccc3)c2)cccc1-n1c2ccccc2n2c3ccccc3nc12. The minimum absolute atomic E-state index is 0. The van der Waals surface area contributed by atoms with Crippen LogP contribution < -0.4 is 25.5 Å². The first-order chi connectivity index (χ1) is 31.7. The predicted octanol–water partition coefficient (Wildman–Crippen LogP) is 9.94. The van der Waals surface area contributed by atoms with E-state index in [1.54, 1.807) is 0 Å². The number of nitrogens with zero attached hydrogens (tertiary/aromatic N) is 6. The Hall–Kier alpha value is -7.77. The van der Waals surface area contributed by atoms with Gasteiger partial charge in [0, 0.05) is 11.5 Å². The van der Waals surface area contributed by atoms with Crippen LogP contribution in [0.2, 0.25) is 0 Å². The van der Waals surface area contributed by atoms with Crippen molar-refractivity contribution in [2.45, 2.75) is 0 Å². The van der Waals surface area contributed by atoms with Crippen LogP contribution in [-0.2, 0) is 21.1 Å². The zero-order valence-electron chi connectivity index (χ0n) is 34.7. The molecule has 4 heterocycles. The van der Waals surface area contributed by atoms with Gasteiger partial charge in [-0.1, -0.05) is 151 Å². The minimum atomic E-state index is -3.06. The fraction of sp³-hybridized carbons (Fsp3) is 0. The molecule has 9 heteroatoms. The zero-order chi connectivity index (χ0) is 42.2. The van der Waals surface area contributed by atoms with Crippen molar-refractivity contribution in [3.05, 3.63) is 231 Å². The number of ether oxygens (including phenoxy) is 1. The van der Waals surface area contributed by atoms with Crippen molar-refractivity contribution in [3.8, 4) is 22.9 Å². The predicted molar refractivity (Wildman–Crippen MR) is 260 cm³/mol. The molecule has 0 bridgehead atoms. The number of imidazole rings is 4. The molecule has 0 N–H and O–H groups in total. The van der Waals surface area contributed by atoms with Gasteiger partial charge in [-0.15, -0.1) is 41.6 Å². The number of para-hydroxylation sites is 8. The fourth-order valence-electron chi connectivity index (χ4n) is 9.91.